The van der Waals surface area contributed by atoms with Crippen LogP contribution in [-0.2, 0) is 9.53 Å². The van der Waals surface area contributed by atoms with Gasteiger partial charge in [0.15, 0.2) is 0 Å². The molecule has 1 amide bonds. The highest BCUT2D eigenvalue weighted by atomic mass is 16.5. The van der Waals surface area contributed by atoms with E-state index >= 15 is 0 Å². The number of rotatable bonds is 3. The highest BCUT2D eigenvalue weighted by Crippen LogP contribution is 2.25. The fourth-order valence-corrected chi connectivity index (χ4v) is 2.20. The number of amides is 1. The first-order valence-electron chi connectivity index (χ1n) is 6.22. The molecule has 1 atom stereocenters. The minimum atomic E-state index is -0.0763. The van der Waals surface area contributed by atoms with Gasteiger partial charge in [0.1, 0.15) is 6.61 Å². The molecule has 1 aromatic carbocycles. The van der Waals surface area contributed by atoms with E-state index < -0.39 is 0 Å². The van der Waals surface area contributed by atoms with Gasteiger partial charge in [-0.3, -0.25) is 4.79 Å². The Balaban J connectivity index is 2.24. The summed E-state index contributed by atoms with van der Waals surface area (Å²) in [5.74, 6) is -0.0158. The standard InChI is InChI=1S/C14H19NO3/c1-10-4-3-5-13(11(10)2)15-8-12(6-7-16)18-9-14(15)17/h3-5,12,16H,6-9H2,1-2H3. The molecule has 18 heavy (non-hydrogen) atoms. The van der Waals surface area contributed by atoms with Crippen LogP contribution >= 0.6 is 0 Å². The number of benzene rings is 1. The number of anilines is 1. The largest absolute Gasteiger partial charge is 0.396 e. The zero-order chi connectivity index (χ0) is 13.1. The summed E-state index contributed by atoms with van der Waals surface area (Å²) in [6.07, 6.45) is 0.488. The molecule has 4 heteroatoms. The van der Waals surface area contributed by atoms with Gasteiger partial charge in [-0.25, -0.2) is 0 Å². The smallest absolute Gasteiger partial charge is 0.253 e. The van der Waals surface area contributed by atoms with E-state index in [9.17, 15) is 4.79 Å². The topological polar surface area (TPSA) is 49.8 Å². The maximum atomic E-state index is 11.9. The third-order valence-electron chi connectivity index (χ3n) is 3.45. The molecule has 1 unspecified atom stereocenters. The lowest BCUT2D eigenvalue weighted by molar-refractivity contribution is -0.129. The van der Waals surface area contributed by atoms with Gasteiger partial charge < -0.3 is 14.7 Å². The van der Waals surface area contributed by atoms with Crippen molar-refractivity contribution in [2.45, 2.75) is 26.4 Å². The van der Waals surface area contributed by atoms with E-state index in [1.807, 2.05) is 32.0 Å². The zero-order valence-electron chi connectivity index (χ0n) is 10.8. The Hall–Kier alpha value is -1.39. The van der Waals surface area contributed by atoms with E-state index in [2.05, 4.69) is 0 Å². The average molecular weight is 249 g/mol. The number of hydrogen-bond acceptors (Lipinski definition) is 3. The van der Waals surface area contributed by atoms with Crippen LogP contribution in [0.3, 0.4) is 0 Å². The number of morpholine rings is 1. The van der Waals surface area contributed by atoms with Crippen molar-refractivity contribution in [3.8, 4) is 0 Å². The number of hydrogen-bond donors (Lipinski definition) is 1. The van der Waals surface area contributed by atoms with E-state index in [0.717, 1.165) is 11.3 Å². The van der Waals surface area contributed by atoms with Crippen molar-refractivity contribution in [2.24, 2.45) is 0 Å². The molecule has 0 aliphatic carbocycles. The number of carbonyl (C=O) groups excluding carboxylic acids is 1. The van der Waals surface area contributed by atoms with E-state index in [4.69, 9.17) is 9.84 Å². The number of aliphatic hydroxyl groups excluding tert-OH is 1. The summed E-state index contributed by atoms with van der Waals surface area (Å²) in [4.78, 5) is 13.7. The second-order valence-corrected chi connectivity index (χ2v) is 4.67. The molecule has 1 aromatic rings. The van der Waals surface area contributed by atoms with Crippen LogP contribution in [0.5, 0.6) is 0 Å². The first-order valence-corrected chi connectivity index (χ1v) is 6.22. The molecule has 1 heterocycles. The monoisotopic (exact) mass is 249 g/mol. The molecular formula is C14H19NO3. The number of nitrogens with zero attached hydrogens (tertiary/aromatic N) is 1. The van der Waals surface area contributed by atoms with E-state index in [0.29, 0.717) is 13.0 Å². The molecule has 4 nitrogen and oxygen atoms in total. The molecular weight excluding hydrogens is 230 g/mol. The predicted octanol–water partition coefficient (Wildman–Crippen LogP) is 1.42. The summed E-state index contributed by atoms with van der Waals surface area (Å²) in [6, 6.07) is 5.96. The summed E-state index contributed by atoms with van der Waals surface area (Å²) in [7, 11) is 0. The van der Waals surface area contributed by atoms with Gasteiger partial charge in [-0.1, -0.05) is 12.1 Å². The fraction of sp³-hybridized carbons (Fsp3) is 0.500. The molecule has 98 valence electrons. The van der Waals surface area contributed by atoms with Gasteiger partial charge in [0, 0.05) is 12.3 Å². The Morgan fingerprint density at radius 1 is 1.44 bits per heavy atom. The molecule has 0 aromatic heterocycles. The lowest BCUT2D eigenvalue weighted by Crippen LogP contribution is -2.47. The first kappa shape index (κ1) is 13.1. The molecule has 0 spiro atoms. The van der Waals surface area contributed by atoms with Gasteiger partial charge in [0.05, 0.1) is 12.6 Å². The highest BCUT2D eigenvalue weighted by Gasteiger charge is 2.27. The quantitative estimate of drug-likeness (QED) is 0.881. The number of carbonyl (C=O) groups is 1. The molecule has 1 N–H and O–H groups in total. The molecule has 1 saturated heterocycles. The van der Waals surface area contributed by atoms with Crippen LogP contribution in [-0.4, -0.2) is 36.9 Å². The van der Waals surface area contributed by atoms with Crippen molar-refractivity contribution < 1.29 is 14.6 Å². The van der Waals surface area contributed by atoms with E-state index in [1.165, 1.54) is 5.56 Å². The molecule has 1 aliphatic heterocycles. The minimum Gasteiger partial charge on any atom is -0.396 e. The van der Waals surface area contributed by atoms with Crippen LogP contribution in [0.1, 0.15) is 17.5 Å². The second kappa shape index (κ2) is 5.50. The summed E-state index contributed by atoms with van der Waals surface area (Å²) >= 11 is 0. The van der Waals surface area contributed by atoms with Crippen LogP contribution in [0.4, 0.5) is 5.69 Å². The number of ether oxygens (including phenoxy) is 1. The van der Waals surface area contributed by atoms with Gasteiger partial charge in [0.25, 0.3) is 5.91 Å². The second-order valence-electron chi connectivity index (χ2n) is 4.67. The van der Waals surface area contributed by atoms with Gasteiger partial charge in [0.2, 0.25) is 0 Å². The minimum absolute atomic E-state index is 0.0158. The Kier molecular flexibility index (Phi) is 3.99. The third-order valence-corrected chi connectivity index (χ3v) is 3.45. The maximum Gasteiger partial charge on any atom is 0.253 e. The van der Waals surface area contributed by atoms with Crippen molar-refractivity contribution in [3.05, 3.63) is 29.3 Å². The number of aryl methyl sites for hydroxylation is 1. The van der Waals surface area contributed by atoms with Crippen molar-refractivity contribution in [1.29, 1.82) is 0 Å². The van der Waals surface area contributed by atoms with Gasteiger partial charge in [-0.05, 0) is 37.5 Å². The average Bonchev–Trinajstić information content (AvgIpc) is 2.36. The Bertz CT molecular complexity index is 445. The highest BCUT2D eigenvalue weighted by molar-refractivity contribution is 5.95. The zero-order valence-corrected chi connectivity index (χ0v) is 10.8. The van der Waals surface area contributed by atoms with Crippen LogP contribution < -0.4 is 4.90 Å². The summed E-state index contributed by atoms with van der Waals surface area (Å²) in [6.45, 7) is 4.75. The Morgan fingerprint density at radius 3 is 2.94 bits per heavy atom. The molecule has 1 fully saturated rings. The lowest BCUT2D eigenvalue weighted by Gasteiger charge is -2.33. The van der Waals surface area contributed by atoms with Crippen molar-refractivity contribution >= 4 is 11.6 Å². The first-order chi connectivity index (χ1) is 8.63. The van der Waals surface area contributed by atoms with Crippen molar-refractivity contribution in [2.75, 3.05) is 24.7 Å². The Labute approximate surface area is 107 Å². The lowest BCUT2D eigenvalue weighted by atomic mass is 10.1. The van der Waals surface area contributed by atoms with Crippen LogP contribution in [0.15, 0.2) is 18.2 Å². The van der Waals surface area contributed by atoms with Crippen molar-refractivity contribution in [1.82, 2.24) is 0 Å². The fourth-order valence-electron chi connectivity index (χ4n) is 2.20. The summed E-state index contributed by atoms with van der Waals surface area (Å²) in [5.41, 5.74) is 3.24. The van der Waals surface area contributed by atoms with Crippen molar-refractivity contribution in [3.63, 3.8) is 0 Å². The van der Waals surface area contributed by atoms with Crippen LogP contribution in [0.2, 0.25) is 0 Å². The summed E-state index contributed by atoms with van der Waals surface area (Å²) in [5, 5.41) is 8.96. The third kappa shape index (κ3) is 2.54. The molecule has 0 saturated carbocycles. The van der Waals surface area contributed by atoms with E-state index in [-0.39, 0.29) is 25.2 Å². The Morgan fingerprint density at radius 2 is 2.22 bits per heavy atom. The van der Waals surface area contributed by atoms with Gasteiger partial charge >= 0.3 is 0 Å². The van der Waals surface area contributed by atoms with Crippen LogP contribution in [0.25, 0.3) is 0 Å². The van der Waals surface area contributed by atoms with E-state index in [1.54, 1.807) is 4.90 Å². The maximum absolute atomic E-state index is 11.9. The molecule has 2 rings (SSSR count). The molecule has 0 bridgehead atoms. The van der Waals surface area contributed by atoms with Crippen LogP contribution in [0, 0.1) is 13.8 Å². The molecule has 1 aliphatic rings. The molecule has 0 radical (unpaired) electrons. The predicted molar refractivity (Wildman–Crippen MR) is 69.7 cm³/mol. The van der Waals surface area contributed by atoms with Gasteiger partial charge in [-0.2, -0.15) is 0 Å². The normalized spacial score (nSPS) is 20.3. The number of aliphatic hydroxyl groups is 1. The summed E-state index contributed by atoms with van der Waals surface area (Å²) < 4.78 is 5.40. The van der Waals surface area contributed by atoms with Gasteiger partial charge in [-0.15, -0.1) is 0 Å². The SMILES string of the molecule is Cc1cccc(N2CC(CCO)OCC2=O)c1C.